The third-order valence-corrected chi connectivity index (χ3v) is 3.91. The Labute approximate surface area is 150 Å². The van der Waals surface area contributed by atoms with Gasteiger partial charge in [0.2, 0.25) is 0 Å². The molecule has 0 spiro atoms. The molecule has 0 unspecified atom stereocenters. The van der Waals surface area contributed by atoms with Crippen LogP contribution in [0.3, 0.4) is 0 Å². The second-order valence-corrected chi connectivity index (χ2v) is 5.87. The fourth-order valence-electron chi connectivity index (χ4n) is 2.73. The van der Waals surface area contributed by atoms with Crippen molar-refractivity contribution in [1.29, 1.82) is 0 Å². The molecule has 8 heteroatoms. The van der Waals surface area contributed by atoms with Crippen LogP contribution in [-0.4, -0.2) is 42.0 Å². The summed E-state index contributed by atoms with van der Waals surface area (Å²) in [5.41, 5.74) is 1.12. The van der Waals surface area contributed by atoms with E-state index in [4.69, 9.17) is 0 Å². The Balaban J connectivity index is 0.00000225. The minimum atomic E-state index is -0.476. The first-order valence-corrected chi connectivity index (χ1v) is 7.60. The van der Waals surface area contributed by atoms with E-state index in [0.29, 0.717) is 28.5 Å². The topological polar surface area (TPSA) is 91.3 Å². The third kappa shape index (κ3) is 3.57. The highest BCUT2D eigenvalue weighted by Crippen LogP contribution is 2.29. The molecule has 2 aromatic carbocycles. The van der Waals surface area contributed by atoms with E-state index in [1.54, 1.807) is 30.3 Å². The van der Waals surface area contributed by atoms with Gasteiger partial charge in [0.05, 0.1) is 10.3 Å². The van der Waals surface area contributed by atoms with Gasteiger partial charge in [-0.2, -0.15) is 0 Å². The first-order valence-electron chi connectivity index (χ1n) is 7.60. The summed E-state index contributed by atoms with van der Waals surface area (Å²) in [6, 6.07) is 10.0. The first-order chi connectivity index (χ1) is 11.5. The van der Waals surface area contributed by atoms with Crippen LogP contribution < -0.4 is 10.7 Å². The monoisotopic (exact) mass is 362 g/mol. The van der Waals surface area contributed by atoms with E-state index in [1.165, 1.54) is 6.07 Å². The second kappa shape index (κ2) is 7.50. The van der Waals surface area contributed by atoms with Crippen molar-refractivity contribution in [2.45, 2.75) is 0 Å². The summed E-state index contributed by atoms with van der Waals surface area (Å²) >= 11 is 0. The maximum absolute atomic E-state index is 12.9. The van der Waals surface area contributed by atoms with E-state index in [0.717, 1.165) is 6.54 Å². The molecule has 0 atom stereocenters. The predicted molar refractivity (Wildman–Crippen MR) is 103 cm³/mol. The lowest BCUT2D eigenvalue weighted by atomic mass is 10.1. The van der Waals surface area contributed by atoms with Crippen molar-refractivity contribution in [3.8, 4) is 0 Å². The number of nitro groups is 1. The van der Waals surface area contributed by atoms with E-state index >= 15 is 0 Å². The average Bonchev–Trinajstić information content (AvgIpc) is 2.54. The molecule has 1 aromatic heterocycles. The predicted octanol–water partition coefficient (Wildman–Crippen LogP) is 2.98. The van der Waals surface area contributed by atoms with Gasteiger partial charge in [0.15, 0.2) is 5.43 Å². The maximum Gasteiger partial charge on any atom is 0.293 e. The highest BCUT2D eigenvalue weighted by molar-refractivity contribution is 6.03. The number of non-ortho nitro benzene ring substituents is 1. The van der Waals surface area contributed by atoms with Crippen molar-refractivity contribution in [3.63, 3.8) is 0 Å². The molecule has 3 aromatic rings. The number of H-pyrrole nitrogens is 1. The zero-order valence-corrected chi connectivity index (χ0v) is 14.7. The van der Waals surface area contributed by atoms with Crippen LogP contribution in [0.25, 0.3) is 21.8 Å². The Hall–Kier alpha value is -2.64. The molecule has 2 N–H and O–H groups in total. The van der Waals surface area contributed by atoms with Crippen LogP contribution >= 0.6 is 12.4 Å². The first kappa shape index (κ1) is 18.7. The lowest BCUT2D eigenvalue weighted by Gasteiger charge is -2.13. The Morgan fingerprint density at radius 3 is 2.60 bits per heavy atom. The van der Waals surface area contributed by atoms with Crippen molar-refractivity contribution in [2.24, 2.45) is 0 Å². The number of pyridine rings is 1. The molecule has 7 nitrogen and oxygen atoms in total. The smallest absolute Gasteiger partial charge is 0.293 e. The molecule has 132 valence electrons. The highest BCUT2D eigenvalue weighted by atomic mass is 35.5. The number of benzene rings is 2. The van der Waals surface area contributed by atoms with Crippen LogP contribution in [0.5, 0.6) is 0 Å². The molecule has 0 aliphatic carbocycles. The fourth-order valence-corrected chi connectivity index (χ4v) is 2.73. The number of nitro benzene ring substituents is 1. The van der Waals surface area contributed by atoms with Crippen molar-refractivity contribution < 1.29 is 4.92 Å². The summed E-state index contributed by atoms with van der Waals surface area (Å²) in [5.74, 6) is 0. The fraction of sp³-hybridized carbons (Fsp3) is 0.235. The number of nitrogens with zero attached hydrogens (tertiary/aromatic N) is 2. The number of halogens is 1. The summed E-state index contributed by atoms with van der Waals surface area (Å²) in [4.78, 5) is 28.8. The number of rotatable bonds is 5. The van der Waals surface area contributed by atoms with E-state index in [2.05, 4.69) is 10.3 Å². The molecule has 0 amide bonds. The molecule has 25 heavy (non-hydrogen) atoms. The van der Waals surface area contributed by atoms with E-state index < -0.39 is 4.92 Å². The van der Waals surface area contributed by atoms with Crippen molar-refractivity contribution >= 4 is 45.6 Å². The molecule has 0 bridgehead atoms. The van der Waals surface area contributed by atoms with Crippen LogP contribution in [0.1, 0.15) is 0 Å². The lowest BCUT2D eigenvalue weighted by Crippen LogP contribution is -2.21. The number of hydrogen-bond acceptors (Lipinski definition) is 5. The largest absolute Gasteiger partial charge is 0.383 e. The van der Waals surface area contributed by atoms with E-state index in [9.17, 15) is 14.9 Å². The number of anilines is 1. The molecule has 0 fully saturated rings. The normalized spacial score (nSPS) is 10.8. The van der Waals surface area contributed by atoms with Gasteiger partial charge in [0.25, 0.3) is 5.69 Å². The minimum absolute atomic E-state index is 0. The number of nitrogens with one attached hydrogen (secondary N) is 2. The zero-order valence-electron chi connectivity index (χ0n) is 13.9. The average molecular weight is 363 g/mol. The van der Waals surface area contributed by atoms with Gasteiger partial charge in [-0.15, -0.1) is 12.4 Å². The highest BCUT2D eigenvalue weighted by Gasteiger charge is 2.19. The Morgan fingerprint density at radius 2 is 1.92 bits per heavy atom. The van der Waals surface area contributed by atoms with Gasteiger partial charge in [-0.3, -0.25) is 14.9 Å². The Bertz CT molecular complexity index is 985. The number of hydrogen-bond donors (Lipinski definition) is 2. The van der Waals surface area contributed by atoms with Crippen molar-refractivity contribution in [1.82, 2.24) is 9.88 Å². The summed E-state index contributed by atoms with van der Waals surface area (Å²) in [7, 11) is 3.91. The molecule has 3 rings (SSSR count). The van der Waals surface area contributed by atoms with Gasteiger partial charge in [-0.25, -0.2) is 0 Å². The van der Waals surface area contributed by atoms with Crippen LogP contribution in [-0.2, 0) is 0 Å². The molecule has 0 radical (unpaired) electrons. The van der Waals surface area contributed by atoms with Crippen LogP contribution in [0.15, 0.2) is 41.2 Å². The number of para-hydroxylation sites is 1. The SMILES string of the molecule is CN(C)CCNc1ccc([N+](=O)[O-])c2[nH]c3ccccc3c(=O)c12.Cl. The summed E-state index contributed by atoms with van der Waals surface area (Å²) < 4.78 is 0. The van der Waals surface area contributed by atoms with Gasteiger partial charge in [0, 0.05) is 35.7 Å². The van der Waals surface area contributed by atoms with Crippen molar-refractivity contribution in [3.05, 3.63) is 56.7 Å². The number of likely N-dealkylation sites (N-methyl/N-ethyl adjacent to an activating group) is 1. The Morgan fingerprint density at radius 1 is 1.20 bits per heavy atom. The third-order valence-electron chi connectivity index (χ3n) is 3.91. The minimum Gasteiger partial charge on any atom is -0.383 e. The van der Waals surface area contributed by atoms with E-state index in [-0.39, 0.29) is 29.0 Å². The van der Waals surface area contributed by atoms with Gasteiger partial charge in [0.1, 0.15) is 5.52 Å². The summed E-state index contributed by atoms with van der Waals surface area (Å²) in [6.07, 6.45) is 0. The van der Waals surface area contributed by atoms with E-state index in [1.807, 2.05) is 19.0 Å². The van der Waals surface area contributed by atoms with Gasteiger partial charge >= 0.3 is 0 Å². The summed E-state index contributed by atoms with van der Waals surface area (Å²) in [6.45, 7) is 1.41. The van der Waals surface area contributed by atoms with Gasteiger partial charge in [-0.1, -0.05) is 12.1 Å². The standard InChI is InChI=1S/C17H18N4O3.ClH/c1-20(2)10-9-18-13-7-8-14(21(23)24)16-15(13)17(22)11-5-3-4-6-12(11)19-16;/h3-8,18H,9-10H2,1-2H3,(H,19,22);1H. The quantitative estimate of drug-likeness (QED) is 0.413. The van der Waals surface area contributed by atoms with Crippen LogP contribution in [0, 0.1) is 10.1 Å². The lowest BCUT2D eigenvalue weighted by molar-refractivity contribution is -0.383. The molecule has 0 aliphatic heterocycles. The van der Waals surface area contributed by atoms with Crippen LogP contribution in [0.4, 0.5) is 11.4 Å². The Kier molecular flexibility index (Phi) is 5.61. The molecule has 0 aliphatic rings. The number of aromatic nitrogens is 1. The molecule has 0 saturated heterocycles. The summed E-state index contributed by atoms with van der Waals surface area (Å²) in [5, 5.41) is 15.4. The molecular weight excluding hydrogens is 344 g/mol. The number of aromatic amines is 1. The van der Waals surface area contributed by atoms with Gasteiger partial charge < -0.3 is 15.2 Å². The zero-order chi connectivity index (χ0) is 17.3. The maximum atomic E-state index is 12.9. The molecular formula is C17H19ClN4O3. The molecule has 1 heterocycles. The van der Waals surface area contributed by atoms with Crippen LogP contribution in [0.2, 0.25) is 0 Å². The van der Waals surface area contributed by atoms with Gasteiger partial charge in [-0.05, 0) is 32.3 Å². The molecule has 0 saturated carbocycles. The second-order valence-electron chi connectivity index (χ2n) is 5.87. The number of fused-ring (bicyclic) bond motifs is 2. The van der Waals surface area contributed by atoms with Crippen molar-refractivity contribution in [2.75, 3.05) is 32.5 Å².